The zero-order valence-electron chi connectivity index (χ0n) is 26.7. The highest BCUT2D eigenvalue weighted by Crippen LogP contribution is 2.34. The zero-order chi connectivity index (χ0) is 32.8. The third-order valence-corrected chi connectivity index (χ3v) is 9.02. The minimum atomic E-state index is -0.943. The van der Waals surface area contributed by atoms with E-state index in [2.05, 4.69) is 0 Å². The van der Waals surface area contributed by atoms with Gasteiger partial charge in [-0.2, -0.15) is 0 Å². The van der Waals surface area contributed by atoms with Crippen LogP contribution in [0.4, 0.5) is 0 Å². The molecule has 1 fully saturated rings. The Kier molecular flexibility index (Phi) is 12.6. The number of benzene rings is 5. The second kappa shape index (κ2) is 17.9. The van der Waals surface area contributed by atoms with E-state index in [0.29, 0.717) is 19.8 Å². The van der Waals surface area contributed by atoms with Crippen LogP contribution in [0.3, 0.4) is 0 Å². The van der Waals surface area contributed by atoms with E-state index in [1.807, 2.05) is 152 Å². The summed E-state index contributed by atoms with van der Waals surface area (Å²) in [6.07, 6.45) is -3.57. The lowest BCUT2D eigenvalue weighted by molar-refractivity contribution is -0.265. The number of hydrogen-bond donors (Lipinski definition) is 0. The highest BCUT2D eigenvalue weighted by molar-refractivity contribution is 8.13. The number of thioether (sulfide) groups is 1. The average molecular weight is 661 g/mol. The van der Waals surface area contributed by atoms with E-state index in [1.165, 1.54) is 0 Å². The molecular weight excluding hydrogens is 621 g/mol. The first-order valence-corrected chi connectivity index (χ1v) is 17.0. The number of ether oxygens (including phenoxy) is 5. The predicted octanol–water partition coefficient (Wildman–Crippen LogP) is 8.05. The molecule has 5 atom stereocenters. The van der Waals surface area contributed by atoms with Crippen LogP contribution in [0.25, 0.3) is 0 Å². The van der Waals surface area contributed by atoms with E-state index in [9.17, 15) is 4.79 Å². The molecule has 0 aromatic heterocycles. The average Bonchev–Trinajstić information content (AvgIpc) is 3.14. The quantitative estimate of drug-likeness (QED) is 0.105. The van der Waals surface area contributed by atoms with Crippen LogP contribution < -0.4 is 0 Å². The maximum absolute atomic E-state index is 14.2. The lowest BCUT2D eigenvalue weighted by atomic mass is 9.94. The summed E-state index contributed by atoms with van der Waals surface area (Å²) >= 11 is 1.15. The van der Waals surface area contributed by atoms with E-state index in [1.54, 1.807) is 0 Å². The van der Waals surface area contributed by atoms with Crippen molar-refractivity contribution in [3.8, 4) is 0 Å². The molecule has 7 heteroatoms. The van der Waals surface area contributed by atoms with Gasteiger partial charge in [-0.1, -0.05) is 140 Å². The Hall–Kier alpha value is -4.08. The number of rotatable bonds is 15. The molecule has 0 unspecified atom stereocenters. The Bertz CT molecular complexity index is 1640. The van der Waals surface area contributed by atoms with Gasteiger partial charge in [0, 0.05) is 4.90 Å². The molecule has 5 aromatic rings. The fourth-order valence-corrected chi connectivity index (χ4v) is 6.47. The molecule has 0 radical (unpaired) electrons. The molecule has 1 aliphatic rings. The van der Waals surface area contributed by atoms with Gasteiger partial charge >= 0.3 is 0 Å². The Morgan fingerprint density at radius 1 is 0.500 bits per heavy atom. The second-order valence-corrected chi connectivity index (χ2v) is 12.7. The van der Waals surface area contributed by atoms with Crippen molar-refractivity contribution < 1.29 is 28.5 Å². The lowest BCUT2D eigenvalue weighted by Crippen LogP contribution is -2.62. The number of carbonyl (C=O) groups excluding carboxylic acids is 1. The Morgan fingerprint density at radius 2 is 0.896 bits per heavy atom. The first-order chi connectivity index (χ1) is 23.7. The van der Waals surface area contributed by atoms with Crippen molar-refractivity contribution in [3.05, 3.63) is 174 Å². The molecular formula is C41H40O6S. The van der Waals surface area contributed by atoms with Crippen molar-refractivity contribution >= 4 is 16.9 Å². The monoisotopic (exact) mass is 660 g/mol. The maximum Gasteiger partial charge on any atom is 0.225 e. The van der Waals surface area contributed by atoms with Crippen molar-refractivity contribution in [3.63, 3.8) is 0 Å². The standard InChI is InChI=1S/C41H40O6S/c42-41(48-35-24-14-5-15-25-35)40-39(46-29-34-22-12-4-13-23-34)38(45-28-33-20-10-3-11-21-33)37(44-27-32-18-8-2-9-19-32)36(47-40)30-43-26-31-16-6-1-7-17-31/h1-25,36-40H,26-30H2/t36-,37-,38+,39-,40-/m1/s1. The molecule has 1 heterocycles. The van der Waals surface area contributed by atoms with Gasteiger partial charge in [0.05, 0.1) is 33.0 Å². The van der Waals surface area contributed by atoms with Crippen molar-refractivity contribution in [1.29, 1.82) is 0 Å². The van der Waals surface area contributed by atoms with Crippen LogP contribution in [-0.4, -0.2) is 42.2 Å². The number of carbonyl (C=O) groups is 1. The van der Waals surface area contributed by atoms with E-state index in [-0.39, 0.29) is 18.3 Å². The smallest absolute Gasteiger partial charge is 0.225 e. The van der Waals surface area contributed by atoms with Gasteiger partial charge in [-0.05, 0) is 46.1 Å². The van der Waals surface area contributed by atoms with Crippen LogP contribution in [0.5, 0.6) is 0 Å². The van der Waals surface area contributed by atoms with Gasteiger partial charge in [0.2, 0.25) is 5.12 Å². The Balaban J connectivity index is 1.32. The minimum Gasteiger partial charge on any atom is -0.374 e. The fourth-order valence-electron chi connectivity index (χ4n) is 5.64. The van der Waals surface area contributed by atoms with Crippen LogP contribution in [0, 0.1) is 0 Å². The summed E-state index contributed by atoms with van der Waals surface area (Å²) < 4.78 is 33.0. The van der Waals surface area contributed by atoms with Gasteiger partial charge in [0.25, 0.3) is 0 Å². The number of hydrogen-bond acceptors (Lipinski definition) is 7. The first-order valence-electron chi connectivity index (χ1n) is 16.2. The molecule has 1 saturated heterocycles. The third kappa shape index (κ3) is 9.73. The molecule has 0 spiro atoms. The highest BCUT2D eigenvalue weighted by atomic mass is 32.2. The van der Waals surface area contributed by atoms with Crippen molar-refractivity contribution in [2.45, 2.75) is 61.8 Å². The summed E-state index contributed by atoms with van der Waals surface area (Å²) in [4.78, 5) is 15.0. The first kappa shape index (κ1) is 33.8. The van der Waals surface area contributed by atoms with Crippen LogP contribution >= 0.6 is 11.8 Å². The fraction of sp³-hybridized carbons (Fsp3) is 0.244. The minimum absolute atomic E-state index is 0.165. The largest absolute Gasteiger partial charge is 0.374 e. The van der Waals surface area contributed by atoms with Crippen LogP contribution in [0.2, 0.25) is 0 Å². The summed E-state index contributed by atoms with van der Waals surface area (Å²) in [6.45, 7) is 1.52. The summed E-state index contributed by atoms with van der Waals surface area (Å²) in [6, 6.07) is 49.5. The van der Waals surface area contributed by atoms with Gasteiger partial charge in [-0.3, -0.25) is 4.79 Å². The van der Waals surface area contributed by atoms with Gasteiger partial charge in [-0.25, -0.2) is 0 Å². The molecule has 0 amide bonds. The van der Waals surface area contributed by atoms with Crippen LogP contribution in [-0.2, 0) is 54.9 Å². The zero-order valence-corrected chi connectivity index (χ0v) is 27.5. The van der Waals surface area contributed by atoms with E-state index in [0.717, 1.165) is 38.9 Å². The molecule has 0 saturated carbocycles. The summed E-state index contributed by atoms with van der Waals surface area (Å²) in [7, 11) is 0. The normalized spacial score (nSPS) is 20.7. The second-order valence-electron chi connectivity index (χ2n) is 11.6. The topological polar surface area (TPSA) is 63.2 Å². The van der Waals surface area contributed by atoms with Gasteiger partial charge in [-0.15, -0.1) is 0 Å². The van der Waals surface area contributed by atoms with Gasteiger partial charge in [0.1, 0.15) is 24.4 Å². The molecule has 0 N–H and O–H groups in total. The van der Waals surface area contributed by atoms with E-state index >= 15 is 0 Å². The Labute approximate surface area is 287 Å². The highest BCUT2D eigenvalue weighted by Gasteiger charge is 2.51. The molecule has 5 aromatic carbocycles. The molecule has 1 aliphatic heterocycles. The predicted molar refractivity (Wildman–Crippen MR) is 187 cm³/mol. The summed E-state index contributed by atoms with van der Waals surface area (Å²) in [5.41, 5.74) is 4.05. The van der Waals surface area contributed by atoms with Gasteiger partial charge < -0.3 is 23.7 Å². The maximum atomic E-state index is 14.2. The van der Waals surface area contributed by atoms with Gasteiger partial charge in [0.15, 0.2) is 6.10 Å². The molecule has 0 bridgehead atoms. The van der Waals surface area contributed by atoms with Crippen LogP contribution in [0.1, 0.15) is 22.3 Å². The third-order valence-electron chi connectivity index (χ3n) is 8.08. The molecule has 246 valence electrons. The lowest BCUT2D eigenvalue weighted by Gasteiger charge is -2.45. The molecule has 6 rings (SSSR count). The molecule has 0 aliphatic carbocycles. The van der Waals surface area contributed by atoms with Crippen molar-refractivity contribution in [2.24, 2.45) is 0 Å². The Morgan fingerprint density at radius 3 is 1.38 bits per heavy atom. The molecule has 48 heavy (non-hydrogen) atoms. The summed E-state index contributed by atoms with van der Waals surface area (Å²) in [5.74, 6) is 0. The van der Waals surface area contributed by atoms with E-state index in [4.69, 9.17) is 23.7 Å². The SMILES string of the molecule is O=C(Sc1ccccc1)[C@@H]1O[C@H](COCc2ccccc2)[C@@H](OCc2ccccc2)[C@H](OCc2ccccc2)[C@H]1OCc1ccccc1. The van der Waals surface area contributed by atoms with Crippen molar-refractivity contribution in [2.75, 3.05) is 6.61 Å². The van der Waals surface area contributed by atoms with E-state index < -0.39 is 30.5 Å². The van der Waals surface area contributed by atoms with Crippen LogP contribution in [0.15, 0.2) is 157 Å². The summed E-state index contributed by atoms with van der Waals surface area (Å²) in [5, 5.41) is -0.165. The van der Waals surface area contributed by atoms with Crippen molar-refractivity contribution in [1.82, 2.24) is 0 Å². The molecule has 6 nitrogen and oxygen atoms in total.